The fourth-order valence-electron chi connectivity index (χ4n) is 5.33. The number of nitrogens with one attached hydrogen (secondary N) is 2. The summed E-state index contributed by atoms with van der Waals surface area (Å²) in [6, 6.07) is 2.16. The number of thiazole rings is 1. The number of halogens is 3. The molecule has 0 saturated heterocycles. The number of aryl methyl sites for hydroxylation is 2. The number of hydrogen-bond donors (Lipinski definition) is 4. The summed E-state index contributed by atoms with van der Waals surface area (Å²) in [4.78, 5) is 18.0. The molecule has 43 heavy (non-hydrogen) atoms. The average molecular weight is 637 g/mol. The van der Waals surface area contributed by atoms with E-state index in [0.717, 1.165) is 16.6 Å². The molecule has 1 saturated carbocycles. The van der Waals surface area contributed by atoms with Crippen molar-refractivity contribution in [3.8, 4) is 10.6 Å². The van der Waals surface area contributed by atoms with Gasteiger partial charge in [-0.15, -0.1) is 11.3 Å². The van der Waals surface area contributed by atoms with E-state index in [0.29, 0.717) is 33.9 Å². The SMILES string of the molecule is Cc1nc(NCc2c(F)cc(F)cc2F)nc(N[C@@H]2C[C@H](C(C)(C)S(C)(=O)=O)[C@@H](O)[C@H]2O)c1-c1nc2c(C)nccc2s1. The van der Waals surface area contributed by atoms with Gasteiger partial charge in [0.05, 0.1) is 38.5 Å². The van der Waals surface area contributed by atoms with Crippen LogP contribution < -0.4 is 10.6 Å². The molecule has 10 nitrogen and oxygen atoms in total. The van der Waals surface area contributed by atoms with Gasteiger partial charge >= 0.3 is 0 Å². The first-order chi connectivity index (χ1) is 20.1. The van der Waals surface area contributed by atoms with E-state index in [2.05, 4.69) is 25.6 Å². The van der Waals surface area contributed by atoms with E-state index in [-0.39, 0.29) is 18.2 Å². The van der Waals surface area contributed by atoms with E-state index < -0.39 is 68.3 Å². The topological polar surface area (TPSA) is 150 Å². The minimum absolute atomic E-state index is 0.0214. The van der Waals surface area contributed by atoms with Crippen LogP contribution in [0.5, 0.6) is 0 Å². The molecule has 1 fully saturated rings. The second-order valence-electron chi connectivity index (χ2n) is 11.3. The first kappa shape index (κ1) is 31.0. The molecule has 4 aromatic rings. The summed E-state index contributed by atoms with van der Waals surface area (Å²) in [6.07, 6.45) is 0.181. The van der Waals surface area contributed by atoms with Crippen molar-refractivity contribution in [1.29, 1.82) is 0 Å². The van der Waals surface area contributed by atoms with Crippen molar-refractivity contribution in [2.45, 2.75) is 63.7 Å². The number of aliphatic hydroxyl groups excluding tert-OH is 2. The van der Waals surface area contributed by atoms with E-state index in [1.54, 1.807) is 13.1 Å². The van der Waals surface area contributed by atoms with E-state index >= 15 is 0 Å². The Morgan fingerprint density at radius 3 is 2.35 bits per heavy atom. The largest absolute Gasteiger partial charge is 0.390 e. The Hall–Kier alpha value is -3.40. The number of anilines is 2. The predicted octanol–water partition coefficient (Wildman–Crippen LogP) is 4.14. The second kappa shape index (κ2) is 11.3. The van der Waals surface area contributed by atoms with Crippen molar-refractivity contribution >= 4 is 43.2 Å². The fraction of sp³-hybridized carbons (Fsp3) is 0.429. The first-order valence-corrected chi connectivity index (χ1v) is 16.1. The molecule has 3 aromatic heterocycles. The van der Waals surface area contributed by atoms with E-state index in [4.69, 9.17) is 4.98 Å². The minimum atomic E-state index is -3.60. The average Bonchev–Trinajstić information content (AvgIpc) is 3.45. The Labute approximate surface area is 250 Å². The molecule has 1 aliphatic carbocycles. The Balaban J connectivity index is 1.55. The lowest BCUT2D eigenvalue weighted by atomic mass is 9.91. The van der Waals surface area contributed by atoms with Crippen LogP contribution >= 0.6 is 11.3 Å². The van der Waals surface area contributed by atoms with Gasteiger partial charge in [-0.05, 0) is 40.2 Å². The molecule has 1 aliphatic rings. The van der Waals surface area contributed by atoms with Gasteiger partial charge in [0, 0.05) is 42.6 Å². The molecule has 3 heterocycles. The molecule has 0 spiro atoms. The highest BCUT2D eigenvalue weighted by Gasteiger charge is 2.52. The molecule has 4 N–H and O–H groups in total. The maximum Gasteiger partial charge on any atom is 0.225 e. The van der Waals surface area contributed by atoms with Crippen molar-refractivity contribution in [3.05, 3.63) is 58.8 Å². The van der Waals surface area contributed by atoms with Crippen LogP contribution in [-0.2, 0) is 16.4 Å². The lowest BCUT2D eigenvalue weighted by Gasteiger charge is -2.32. The number of pyridine rings is 1. The van der Waals surface area contributed by atoms with Gasteiger partial charge in [0.15, 0.2) is 9.84 Å². The Morgan fingerprint density at radius 2 is 1.72 bits per heavy atom. The highest BCUT2D eigenvalue weighted by atomic mass is 32.2. The molecule has 0 bridgehead atoms. The normalized spacial score (nSPS) is 21.0. The van der Waals surface area contributed by atoms with Gasteiger partial charge in [0.1, 0.15) is 39.9 Å². The Bertz CT molecular complexity index is 1790. The van der Waals surface area contributed by atoms with Crippen LogP contribution in [0, 0.1) is 37.2 Å². The van der Waals surface area contributed by atoms with Crippen LogP contribution in [0.15, 0.2) is 24.4 Å². The standard InChI is InChI=1S/C28H31F3N6O4S2/c1-12-21(26-36-22-13(2)32-7-6-20(22)42-26)25(35-19-10-16(23(38)24(19)39)28(3,4)43(5,40)41)37-27(34-12)33-11-15-17(30)8-14(29)9-18(15)31/h6-9,16,19,23-24,38-39H,10-11H2,1-5H3,(H2,33,34,35,37)/t16-,19+,23+,24-/m0/s1. The third-order valence-electron chi connectivity index (χ3n) is 8.18. The van der Waals surface area contributed by atoms with E-state index in [9.17, 15) is 31.8 Å². The summed E-state index contributed by atoms with van der Waals surface area (Å²) in [7, 11) is -3.60. The molecule has 0 unspecified atom stereocenters. The number of hydrogen-bond acceptors (Lipinski definition) is 11. The van der Waals surface area contributed by atoms with Crippen molar-refractivity contribution in [1.82, 2.24) is 19.9 Å². The van der Waals surface area contributed by atoms with Gasteiger partial charge in [-0.2, -0.15) is 4.98 Å². The summed E-state index contributed by atoms with van der Waals surface area (Å²) >= 11 is 1.36. The molecule has 230 valence electrons. The fourth-order valence-corrected chi connectivity index (χ4v) is 7.22. The molecule has 4 atom stereocenters. The van der Waals surface area contributed by atoms with Crippen LogP contribution in [0.4, 0.5) is 24.9 Å². The molecular weight excluding hydrogens is 605 g/mol. The van der Waals surface area contributed by atoms with Gasteiger partial charge in [-0.3, -0.25) is 4.98 Å². The van der Waals surface area contributed by atoms with E-state index in [1.165, 1.54) is 25.2 Å². The summed E-state index contributed by atoms with van der Waals surface area (Å²) in [5, 5.41) is 28.4. The summed E-state index contributed by atoms with van der Waals surface area (Å²) < 4.78 is 66.5. The molecule has 1 aromatic carbocycles. The summed E-state index contributed by atoms with van der Waals surface area (Å²) in [5.41, 5.74) is 1.91. The summed E-state index contributed by atoms with van der Waals surface area (Å²) in [5.74, 6) is -3.80. The third kappa shape index (κ3) is 5.78. The highest BCUT2D eigenvalue weighted by Crippen LogP contribution is 2.42. The van der Waals surface area contributed by atoms with Crippen molar-refractivity contribution in [2.24, 2.45) is 5.92 Å². The smallest absolute Gasteiger partial charge is 0.225 e. The third-order valence-corrected chi connectivity index (χ3v) is 11.4. The zero-order valence-corrected chi connectivity index (χ0v) is 25.6. The van der Waals surface area contributed by atoms with Gasteiger partial charge < -0.3 is 20.8 Å². The number of sulfone groups is 1. The number of aliphatic hydroxyl groups is 2. The molecule has 0 radical (unpaired) electrons. The van der Waals surface area contributed by atoms with E-state index in [1.807, 2.05) is 13.0 Å². The maximum absolute atomic E-state index is 14.3. The minimum Gasteiger partial charge on any atom is -0.390 e. The lowest BCUT2D eigenvalue weighted by molar-refractivity contribution is 0.0106. The molecule has 0 aliphatic heterocycles. The van der Waals surface area contributed by atoms with Gasteiger partial charge in [-0.25, -0.2) is 31.6 Å². The predicted molar refractivity (Wildman–Crippen MR) is 158 cm³/mol. The van der Waals surface area contributed by atoms with Crippen molar-refractivity contribution < 1.29 is 31.8 Å². The van der Waals surface area contributed by atoms with Gasteiger partial charge in [0.2, 0.25) is 5.95 Å². The number of nitrogens with zero attached hydrogens (tertiary/aromatic N) is 4. The first-order valence-electron chi connectivity index (χ1n) is 13.4. The quantitative estimate of drug-likeness (QED) is 0.222. The number of rotatable bonds is 8. The maximum atomic E-state index is 14.3. The van der Waals surface area contributed by atoms with Crippen molar-refractivity contribution in [3.63, 3.8) is 0 Å². The van der Waals surface area contributed by atoms with Crippen LogP contribution in [-0.4, -0.2) is 67.8 Å². The molecule has 15 heteroatoms. The van der Waals surface area contributed by atoms with Crippen molar-refractivity contribution in [2.75, 3.05) is 16.9 Å². The van der Waals surface area contributed by atoms with Crippen LogP contribution in [0.2, 0.25) is 0 Å². The highest BCUT2D eigenvalue weighted by molar-refractivity contribution is 7.92. The summed E-state index contributed by atoms with van der Waals surface area (Å²) in [6.45, 7) is 6.16. The number of aromatic nitrogens is 4. The molecule has 5 rings (SSSR count). The molecular formula is C28H31F3N6O4S2. The van der Waals surface area contributed by atoms with Crippen LogP contribution in [0.1, 0.15) is 37.2 Å². The zero-order valence-electron chi connectivity index (χ0n) is 24.0. The van der Waals surface area contributed by atoms with Gasteiger partial charge in [-0.1, -0.05) is 0 Å². The Kier molecular flexibility index (Phi) is 8.13. The van der Waals surface area contributed by atoms with Crippen LogP contribution in [0.25, 0.3) is 20.8 Å². The Morgan fingerprint density at radius 1 is 1.05 bits per heavy atom. The molecule has 0 amide bonds. The number of fused-ring (bicyclic) bond motifs is 1. The zero-order chi connectivity index (χ0) is 31.4. The monoisotopic (exact) mass is 636 g/mol. The van der Waals surface area contributed by atoms with Crippen LogP contribution in [0.3, 0.4) is 0 Å². The van der Waals surface area contributed by atoms with Gasteiger partial charge in [0.25, 0.3) is 0 Å². The lowest BCUT2D eigenvalue weighted by Crippen LogP contribution is -2.45. The second-order valence-corrected chi connectivity index (χ2v) is 14.9. The number of benzene rings is 1.